The number of rotatable bonds is 4. The highest BCUT2D eigenvalue weighted by Crippen LogP contribution is 2.33. The molecule has 8 nitrogen and oxygen atoms in total. The van der Waals surface area contributed by atoms with Crippen molar-refractivity contribution in [3.8, 4) is 0 Å². The SMILES string of the molecule is Cc1c(Br)cc(S(=O)(=O)N2CCCC2C(=O)O)cc1[N+](=O)[O-]. The number of nitrogens with zero attached hydrogens (tertiary/aromatic N) is 2. The normalized spacial score (nSPS) is 19.3. The summed E-state index contributed by atoms with van der Waals surface area (Å²) in [5, 5.41) is 20.1. The highest BCUT2D eigenvalue weighted by atomic mass is 79.9. The number of nitro groups is 1. The second-order valence-electron chi connectivity index (χ2n) is 4.92. The van der Waals surface area contributed by atoms with Crippen LogP contribution in [-0.4, -0.2) is 41.3 Å². The molecule has 1 aromatic rings. The molecule has 1 aromatic carbocycles. The Morgan fingerprint density at radius 1 is 1.50 bits per heavy atom. The summed E-state index contributed by atoms with van der Waals surface area (Å²) in [7, 11) is -4.11. The minimum Gasteiger partial charge on any atom is -0.480 e. The molecule has 2 rings (SSSR count). The molecule has 1 atom stereocenters. The highest BCUT2D eigenvalue weighted by molar-refractivity contribution is 9.10. The first kappa shape index (κ1) is 16.8. The van der Waals surface area contributed by atoms with E-state index >= 15 is 0 Å². The molecule has 0 aromatic heterocycles. The molecule has 0 spiro atoms. The van der Waals surface area contributed by atoms with Gasteiger partial charge in [-0.25, -0.2) is 8.42 Å². The van der Waals surface area contributed by atoms with Gasteiger partial charge in [0.25, 0.3) is 5.69 Å². The predicted molar refractivity (Wildman–Crippen MR) is 80.1 cm³/mol. The fourth-order valence-electron chi connectivity index (χ4n) is 2.39. The summed E-state index contributed by atoms with van der Waals surface area (Å²) in [6.45, 7) is 1.58. The zero-order valence-corrected chi connectivity index (χ0v) is 13.9. The lowest BCUT2D eigenvalue weighted by Crippen LogP contribution is -2.40. The standard InChI is InChI=1S/C12H13BrN2O6S/c1-7-9(13)5-8(6-11(7)15(18)19)22(20,21)14-4-2-3-10(14)12(16)17/h5-6,10H,2-4H2,1H3,(H,16,17). The zero-order valence-electron chi connectivity index (χ0n) is 11.5. The number of aliphatic carboxylic acids is 1. The summed E-state index contributed by atoms with van der Waals surface area (Å²) >= 11 is 3.11. The van der Waals surface area contributed by atoms with Gasteiger partial charge in [-0.15, -0.1) is 0 Å². The lowest BCUT2D eigenvalue weighted by atomic mass is 10.2. The van der Waals surface area contributed by atoms with Gasteiger partial charge in [-0.1, -0.05) is 15.9 Å². The molecule has 1 aliphatic rings. The molecule has 1 fully saturated rings. The molecule has 0 bridgehead atoms. The van der Waals surface area contributed by atoms with Crippen LogP contribution in [0.1, 0.15) is 18.4 Å². The van der Waals surface area contributed by atoms with Gasteiger partial charge in [-0.3, -0.25) is 14.9 Å². The van der Waals surface area contributed by atoms with Gasteiger partial charge in [0.05, 0.1) is 9.82 Å². The Balaban J connectivity index is 2.55. The quantitative estimate of drug-likeness (QED) is 0.617. The predicted octanol–water partition coefficient (Wildman–Crippen LogP) is 1.90. The third-order valence-electron chi connectivity index (χ3n) is 3.58. The maximum Gasteiger partial charge on any atom is 0.322 e. The minimum atomic E-state index is -4.11. The summed E-state index contributed by atoms with van der Waals surface area (Å²) < 4.78 is 26.4. The van der Waals surface area contributed by atoms with Crippen molar-refractivity contribution in [1.29, 1.82) is 0 Å². The lowest BCUT2D eigenvalue weighted by molar-refractivity contribution is -0.385. The number of halogens is 1. The Morgan fingerprint density at radius 2 is 2.14 bits per heavy atom. The van der Waals surface area contributed by atoms with Crippen LogP contribution in [0.5, 0.6) is 0 Å². The first-order valence-electron chi connectivity index (χ1n) is 6.35. The van der Waals surface area contributed by atoms with E-state index in [-0.39, 0.29) is 28.0 Å². The molecule has 1 aliphatic heterocycles. The van der Waals surface area contributed by atoms with E-state index in [4.69, 9.17) is 5.11 Å². The number of carbonyl (C=O) groups is 1. The molecule has 1 saturated heterocycles. The summed E-state index contributed by atoms with van der Waals surface area (Å²) in [6.07, 6.45) is 0.662. The Morgan fingerprint density at radius 3 is 2.68 bits per heavy atom. The van der Waals surface area contributed by atoms with Crippen LogP contribution in [-0.2, 0) is 14.8 Å². The number of hydrogen-bond acceptors (Lipinski definition) is 5. The third kappa shape index (κ3) is 2.85. The fourth-order valence-corrected chi connectivity index (χ4v) is 4.69. The van der Waals surface area contributed by atoms with Crippen molar-refractivity contribution in [1.82, 2.24) is 4.31 Å². The van der Waals surface area contributed by atoms with Gasteiger partial charge in [0.15, 0.2) is 0 Å². The van der Waals surface area contributed by atoms with E-state index < -0.39 is 27.0 Å². The molecule has 0 amide bonds. The number of benzene rings is 1. The third-order valence-corrected chi connectivity index (χ3v) is 6.29. The van der Waals surface area contributed by atoms with Crippen LogP contribution in [0.2, 0.25) is 0 Å². The van der Waals surface area contributed by atoms with Crippen LogP contribution < -0.4 is 0 Å². The summed E-state index contributed by atoms with van der Waals surface area (Å²) in [4.78, 5) is 21.2. The van der Waals surface area contributed by atoms with Crippen molar-refractivity contribution in [3.63, 3.8) is 0 Å². The number of hydrogen-bond donors (Lipinski definition) is 1. The van der Waals surface area contributed by atoms with E-state index in [1.165, 1.54) is 13.0 Å². The van der Waals surface area contributed by atoms with E-state index in [0.717, 1.165) is 10.4 Å². The highest BCUT2D eigenvalue weighted by Gasteiger charge is 2.40. The van der Waals surface area contributed by atoms with Crippen molar-refractivity contribution < 1.29 is 23.2 Å². The smallest absolute Gasteiger partial charge is 0.322 e. The minimum absolute atomic E-state index is 0.0819. The maximum absolute atomic E-state index is 12.6. The monoisotopic (exact) mass is 392 g/mol. The maximum atomic E-state index is 12.6. The summed E-state index contributed by atoms with van der Waals surface area (Å²) in [6, 6.07) is 1.09. The second kappa shape index (κ2) is 5.94. The number of carboxylic acid groups (broad SMARTS) is 1. The Kier molecular flexibility index (Phi) is 4.54. The second-order valence-corrected chi connectivity index (χ2v) is 7.66. The first-order valence-corrected chi connectivity index (χ1v) is 8.58. The van der Waals surface area contributed by atoms with E-state index in [0.29, 0.717) is 12.0 Å². The van der Waals surface area contributed by atoms with E-state index in [1.54, 1.807) is 0 Å². The van der Waals surface area contributed by atoms with Gasteiger partial charge in [-0.05, 0) is 25.8 Å². The fraction of sp³-hybridized carbons (Fsp3) is 0.417. The van der Waals surface area contributed by atoms with Gasteiger partial charge in [0, 0.05) is 22.6 Å². The summed E-state index contributed by atoms with van der Waals surface area (Å²) in [5.41, 5.74) is -0.0285. The van der Waals surface area contributed by atoms with Crippen LogP contribution in [0.3, 0.4) is 0 Å². The molecule has 0 aliphatic carbocycles. The molecular formula is C12H13BrN2O6S. The van der Waals surface area contributed by atoms with Gasteiger partial charge >= 0.3 is 5.97 Å². The largest absolute Gasteiger partial charge is 0.480 e. The molecule has 22 heavy (non-hydrogen) atoms. The molecule has 0 radical (unpaired) electrons. The van der Waals surface area contributed by atoms with Gasteiger partial charge in [0.1, 0.15) is 6.04 Å². The topological polar surface area (TPSA) is 118 Å². The average molecular weight is 393 g/mol. The molecule has 0 saturated carbocycles. The van der Waals surface area contributed by atoms with Crippen molar-refractivity contribution in [2.24, 2.45) is 0 Å². The Labute approximate surface area is 135 Å². The average Bonchev–Trinajstić information content (AvgIpc) is 2.91. The van der Waals surface area contributed by atoms with Crippen LogP contribution in [0, 0.1) is 17.0 Å². The first-order chi connectivity index (χ1) is 10.2. The van der Waals surface area contributed by atoms with E-state index in [1.807, 2.05) is 0 Å². The molecule has 10 heteroatoms. The van der Waals surface area contributed by atoms with Crippen LogP contribution in [0.25, 0.3) is 0 Å². The van der Waals surface area contributed by atoms with Crippen molar-refractivity contribution in [2.75, 3.05) is 6.54 Å². The lowest BCUT2D eigenvalue weighted by Gasteiger charge is -2.21. The van der Waals surface area contributed by atoms with Gasteiger partial charge in [0.2, 0.25) is 10.0 Å². The Bertz CT molecular complexity index is 748. The van der Waals surface area contributed by atoms with Crippen LogP contribution in [0.4, 0.5) is 5.69 Å². The molecular weight excluding hydrogens is 380 g/mol. The van der Waals surface area contributed by atoms with Crippen molar-refractivity contribution in [2.45, 2.75) is 30.7 Å². The van der Waals surface area contributed by atoms with E-state index in [9.17, 15) is 23.3 Å². The van der Waals surface area contributed by atoms with Crippen LogP contribution in [0.15, 0.2) is 21.5 Å². The number of carboxylic acids is 1. The molecule has 1 N–H and O–H groups in total. The summed E-state index contributed by atoms with van der Waals surface area (Å²) in [5.74, 6) is -1.22. The Hall–Kier alpha value is -1.52. The van der Waals surface area contributed by atoms with Gasteiger partial charge < -0.3 is 5.11 Å². The van der Waals surface area contributed by atoms with Gasteiger partial charge in [-0.2, -0.15) is 4.31 Å². The number of sulfonamides is 1. The van der Waals surface area contributed by atoms with E-state index in [2.05, 4.69) is 15.9 Å². The molecule has 120 valence electrons. The van der Waals surface area contributed by atoms with Crippen LogP contribution >= 0.6 is 15.9 Å². The molecule has 1 heterocycles. The van der Waals surface area contributed by atoms with Crippen molar-refractivity contribution in [3.05, 3.63) is 32.3 Å². The number of nitro benzene ring substituents is 1. The molecule has 1 unspecified atom stereocenters. The zero-order chi connectivity index (χ0) is 16.7. The van der Waals surface area contributed by atoms with Crippen molar-refractivity contribution >= 4 is 37.6 Å².